The van der Waals surface area contributed by atoms with Crippen molar-refractivity contribution >= 4 is 5.91 Å². The molecule has 1 amide bonds. The Labute approximate surface area is 149 Å². The minimum absolute atomic E-state index is 0.215. The smallest absolute Gasteiger partial charge is 0.230 e. The Morgan fingerprint density at radius 3 is 2.84 bits per heavy atom. The van der Waals surface area contributed by atoms with E-state index in [1.165, 1.54) is 6.42 Å². The summed E-state index contributed by atoms with van der Waals surface area (Å²) in [6.07, 6.45) is 5.70. The van der Waals surface area contributed by atoms with Crippen molar-refractivity contribution in [3.05, 3.63) is 11.8 Å². The van der Waals surface area contributed by atoms with Gasteiger partial charge in [-0.2, -0.15) is 0 Å². The maximum Gasteiger partial charge on any atom is 0.230 e. The lowest BCUT2D eigenvalue weighted by molar-refractivity contribution is -0.139. The van der Waals surface area contributed by atoms with Crippen molar-refractivity contribution in [2.75, 3.05) is 39.9 Å². The van der Waals surface area contributed by atoms with Crippen LogP contribution in [0.4, 0.5) is 0 Å². The summed E-state index contributed by atoms with van der Waals surface area (Å²) < 4.78 is 10.8. The van der Waals surface area contributed by atoms with E-state index < -0.39 is 0 Å². The van der Waals surface area contributed by atoms with Gasteiger partial charge in [0.05, 0.1) is 6.54 Å². The summed E-state index contributed by atoms with van der Waals surface area (Å²) in [5.41, 5.74) is 0.215. The molecule has 2 saturated heterocycles. The van der Waals surface area contributed by atoms with E-state index in [0.29, 0.717) is 37.3 Å². The summed E-state index contributed by atoms with van der Waals surface area (Å²) in [5, 5.41) is 8.21. The molecule has 0 aliphatic carbocycles. The molecule has 0 radical (unpaired) electrons. The molecule has 0 aromatic carbocycles. The lowest BCUT2D eigenvalue weighted by atomic mass is 9.73. The Balaban J connectivity index is 1.59. The molecular formula is C18H30N4O3. The first-order chi connectivity index (χ1) is 12.1. The van der Waals surface area contributed by atoms with Gasteiger partial charge in [-0.05, 0) is 32.2 Å². The van der Waals surface area contributed by atoms with Crippen molar-refractivity contribution < 1.29 is 13.9 Å². The Kier molecular flexibility index (Phi) is 6.06. The van der Waals surface area contributed by atoms with Crippen molar-refractivity contribution in [1.29, 1.82) is 0 Å². The molecule has 3 rings (SSSR count). The van der Waals surface area contributed by atoms with Crippen LogP contribution in [0, 0.1) is 5.41 Å². The summed E-state index contributed by atoms with van der Waals surface area (Å²) in [7, 11) is 1.71. The van der Waals surface area contributed by atoms with Gasteiger partial charge in [0.25, 0.3) is 0 Å². The summed E-state index contributed by atoms with van der Waals surface area (Å²) >= 11 is 0. The van der Waals surface area contributed by atoms with Crippen LogP contribution in [0.2, 0.25) is 0 Å². The van der Waals surface area contributed by atoms with Gasteiger partial charge in [-0.15, -0.1) is 10.2 Å². The molecule has 0 saturated carbocycles. The summed E-state index contributed by atoms with van der Waals surface area (Å²) in [5.74, 6) is 1.70. The van der Waals surface area contributed by atoms with Crippen LogP contribution in [0.1, 0.15) is 50.8 Å². The maximum atomic E-state index is 12.3. The van der Waals surface area contributed by atoms with Crippen LogP contribution in [0.25, 0.3) is 0 Å². The second-order valence-corrected chi connectivity index (χ2v) is 7.42. The van der Waals surface area contributed by atoms with E-state index in [4.69, 9.17) is 9.15 Å². The second-order valence-electron chi connectivity index (χ2n) is 7.42. The quantitative estimate of drug-likeness (QED) is 0.699. The van der Waals surface area contributed by atoms with Crippen molar-refractivity contribution in [3.8, 4) is 0 Å². The van der Waals surface area contributed by atoms with Gasteiger partial charge in [-0.1, -0.05) is 6.92 Å². The Bertz CT molecular complexity index is 576. The zero-order valence-electron chi connectivity index (χ0n) is 15.5. The SMILES string of the molecule is CCc1nnc(CN2CCC[C@@]3(CCC(=O)N(CCCOC)C3)C2)o1. The van der Waals surface area contributed by atoms with E-state index in [1.807, 2.05) is 11.8 Å². The molecule has 25 heavy (non-hydrogen) atoms. The average molecular weight is 350 g/mol. The van der Waals surface area contributed by atoms with Crippen LogP contribution in [-0.2, 0) is 22.5 Å². The third-order valence-corrected chi connectivity index (χ3v) is 5.44. The molecule has 1 aromatic heterocycles. The lowest BCUT2D eigenvalue weighted by Gasteiger charge is -2.48. The number of hydrogen-bond donors (Lipinski definition) is 0. The number of amides is 1. The number of ether oxygens (including phenoxy) is 1. The van der Waals surface area contributed by atoms with Crippen LogP contribution in [-0.4, -0.2) is 65.8 Å². The molecule has 7 heteroatoms. The van der Waals surface area contributed by atoms with E-state index in [0.717, 1.165) is 51.9 Å². The number of likely N-dealkylation sites (tertiary alicyclic amines) is 2. The molecule has 0 unspecified atom stereocenters. The normalized spacial score (nSPS) is 25.0. The summed E-state index contributed by atoms with van der Waals surface area (Å²) in [4.78, 5) is 16.7. The zero-order valence-corrected chi connectivity index (χ0v) is 15.5. The number of nitrogens with zero attached hydrogens (tertiary/aromatic N) is 4. The topological polar surface area (TPSA) is 71.7 Å². The van der Waals surface area contributed by atoms with Gasteiger partial charge in [-0.3, -0.25) is 9.69 Å². The van der Waals surface area contributed by atoms with Gasteiger partial charge in [0, 0.05) is 51.6 Å². The van der Waals surface area contributed by atoms with Gasteiger partial charge in [-0.25, -0.2) is 0 Å². The maximum absolute atomic E-state index is 12.3. The molecule has 140 valence electrons. The standard InChI is InChI=1S/C18H30N4O3/c1-3-15-19-20-16(25-15)12-21-9-4-7-18(13-21)8-6-17(23)22(14-18)10-5-11-24-2/h3-14H2,1-2H3/t18-/m1/s1. The van der Waals surface area contributed by atoms with E-state index in [-0.39, 0.29) is 5.41 Å². The van der Waals surface area contributed by atoms with Crippen molar-refractivity contribution in [2.45, 2.75) is 52.0 Å². The third kappa shape index (κ3) is 4.58. The fourth-order valence-corrected chi connectivity index (χ4v) is 4.17. The molecule has 1 aromatic rings. The molecule has 1 atom stereocenters. The Morgan fingerprint density at radius 2 is 2.08 bits per heavy atom. The minimum Gasteiger partial charge on any atom is -0.424 e. The van der Waals surface area contributed by atoms with E-state index >= 15 is 0 Å². The average Bonchev–Trinajstić information content (AvgIpc) is 3.06. The number of carbonyl (C=O) groups is 1. The molecule has 2 fully saturated rings. The number of aryl methyl sites for hydroxylation is 1. The van der Waals surface area contributed by atoms with E-state index in [9.17, 15) is 4.79 Å². The fraction of sp³-hybridized carbons (Fsp3) is 0.833. The third-order valence-electron chi connectivity index (χ3n) is 5.44. The molecule has 3 heterocycles. The second kappa shape index (κ2) is 8.27. The van der Waals surface area contributed by atoms with E-state index in [2.05, 4.69) is 15.1 Å². The first-order valence-corrected chi connectivity index (χ1v) is 9.44. The fourth-order valence-electron chi connectivity index (χ4n) is 4.17. The molecule has 2 aliphatic heterocycles. The molecule has 0 N–H and O–H groups in total. The zero-order chi connectivity index (χ0) is 17.7. The number of methoxy groups -OCH3 is 1. The van der Waals surface area contributed by atoms with Crippen LogP contribution in [0.15, 0.2) is 4.42 Å². The van der Waals surface area contributed by atoms with Gasteiger partial charge < -0.3 is 14.1 Å². The number of rotatable bonds is 7. The number of aromatic nitrogens is 2. The molecule has 1 spiro atoms. The molecular weight excluding hydrogens is 320 g/mol. The van der Waals surface area contributed by atoms with Crippen molar-refractivity contribution in [1.82, 2.24) is 20.0 Å². The monoisotopic (exact) mass is 350 g/mol. The van der Waals surface area contributed by atoms with Gasteiger partial charge >= 0.3 is 0 Å². The first kappa shape index (κ1) is 18.3. The number of carbonyl (C=O) groups excluding carboxylic acids is 1. The van der Waals surface area contributed by atoms with Crippen molar-refractivity contribution in [2.24, 2.45) is 5.41 Å². The molecule has 0 bridgehead atoms. The highest BCUT2D eigenvalue weighted by Gasteiger charge is 2.41. The summed E-state index contributed by atoms with van der Waals surface area (Å²) in [6.45, 7) is 7.18. The predicted octanol–water partition coefficient (Wildman–Crippen LogP) is 1.87. The Morgan fingerprint density at radius 1 is 1.24 bits per heavy atom. The number of hydrogen-bond acceptors (Lipinski definition) is 6. The largest absolute Gasteiger partial charge is 0.424 e. The van der Waals surface area contributed by atoms with Crippen LogP contribution in [0.3, 0.4) is 0 Å². The van der Waals surface area contributed by atoms with Gasteiger partial charge in [0.15, 0.2) is 0 Å². The highest BCUT2D eigenvalue weighted by Crippen LogP contribution is 2.39. The highest BCUT2D eigenvalue weighted by molar-refractivity contribution is 5.77. The predicted molar refractivity (Wildman–Crippen MR) is 92.9 cm³/mol. The number of piperidine rings is 2. The highest BCUT2D eigenvalue weighted by atomic mass is 16.5. The van der Waals surface area contributed by atoms with Crippen molar-refractivity contribution in [3.63, 3.8) is 0 Å². The lowest BCUT2D eigenvalue weighted by Crippen LogP contribution is -2.54. The Hall–Kier alpha value is -1.47. The van der Waals surface area contributed by atoms with E-state index in [1.54, 1.807) is 7.11 Å². The van der Waals surface area contributed by atoms with Crippen LogP contribution < -0.4 is 0 Å². The first-order valence-electron chi connectivity index (χ1n) is 9.44. The summed E-state index contributed by atoms with van der Waals surface area (Å²) in [6, 6.07) is 0. The van der Waals surface area contributed by atoms with Gasteiger partial charge in [0.1, 0.15) is 0 Å². The molecule has 7 nitrogen and oxygen atoms in total. The van der Waals surface area contributed by atoms with Crippen LogP contribution >= 0.6 is 0 Å². The minimum atomic E-state index is 0.215. The van der Waals surface area contributed by atoms with Crippen LogP contribution in [0.5, 0.6) is 0 Å². The van der Waals surface area contributed by atoms with Gasteiger partial charge in [0.2, 0.25) is 17.7 Å². The molecule has 2 aliphatic rings.